The molecule has 0 radical (unpaired) electrons. The van der Waals surface area contributed by atoms with Crippen LogP contribution in [0.15, 0.2) is 5.16 Å². The number of aryl methyl sites for hydroxylation is 1. The number of rotatable bonds is 6. The Morgan fingerprint density at radius 3 is 2.65 bits per heavy atom. The fourth-order valence-electron chi connectivity index (χ4n) is 3.07. The lowest BCUT2D eigenvalue weighted by Crippen LogP contribution is -2.42. The molecule has 23 heavy (non-hydrogen) atoms. The summed E-state index contributed by atoms with van der Waals surface area (Å²) >= 11 is 1.40. The number of sulfone groups is 1. The van der Waals surface area contributed by atoms with E-state index in [1.54, 1.807) is 4.90 Å². The van der Waals surface area contributed by atoms with Crippen LogP contribution in [0.25, 0.3) is 0 Å². The maximum absolute atomic E-state index is 12.5. The van der Waals surface area contributed by atoms with Crippen LogP contribution in [0.3, 0.4) is 0 Å². The summed E-state index contributed by atoms with van der Waals surface area (Å²) in [5, 5.41) is 9.05. The molecule has 128 valence electrons. The molecule has 2 heterocycles. The first-order chi connectivity index (χ1) is 10.9. The minimum Gasteiger partial charge on any atom is -0.338 e. The smallest absolute Gasteiger partial charge is 0.233 e. The van der Waals surface area contributed by atoms with Gasteiger partial charge in [0.25, 0.3) is 0 Å². The molecule has 0 unspecified atom stereocenters. The van der Waals surface area contributed by atoms with Crippen molar-refractivity contribution in [3.05, 3.63) is 5.82 Å². The van der Waals surface area contributed by atoms with Gasteiger partial charge >= 0.3 is 0 Å². The van der Waals surface area contributed by atoms with Crippen molar-refractivity contribution in [2.45, 2.75) is 50.4 Å². The topological polar surface area (TPSA) is 85.2 Å². The van der Waals surface area contributed by atoms with Crippen LogP contribution >= 0.6 is 11.8 Å². The molecule has 3 rings (SSSR count). The fraction of sp³-hybridized carbons (Fsp3) is 0.786. The van der Waals surface area contributed by atoms with Gasteiger partial charge in [-0.25, -0.2) is 8.42 Å². The fourth-order valence-corrected chi connectivity index (χ4v) is 5.74. The van der Waals surface area contributed by atoms with Crippen LogP contribution in [-0.4, -0.2) is 63.8 Å². The average Bonchev–Trinajstić information content (AvgIpc) is 3.17. The maximum Gasteiger partial charge on any atom is 0.233 e. The highest BCUT2D eigenvalue weighted by Crippen LogP contribution is 2.38. The Labute approximate surface area is 140 Å². The first kappa shape index (κ1) is 16.8. The van der Waals surface area contributed by atoms with E-state index >= 15 is 0 Å². The van der Waals surface area contributed by atoms with Gasteiger partial charge < -0.3 is 9.47 Å². The lowest BCUT2D eigenvalue weighted by molar-refractivity contribution is -0.129. The molecule has 2 fully saturated rings. The third-order valence-electron chi connectivity index (χ3n) is 4.38. The van der Waals surface area contributed by atoms with Crippen molar-refractivity contribution in [2.24, 2.45) is 0 Å². The highest BCUT2D eigenvalue weighted by molar-refractivity contribution is 7.99. The van der Waals surface area contributed by atoms with Gasteiger partial charge in [-0.2, -0.15) is 0 Å². The van der Waals surface area contributed by atoms with Gasteiger partial charge in [-0.1, -0.05) is 11.8 Å². The number of hydrogen-bond donors (Lipinski definition) is 0. The van der Waals surface area contributed by atoms with Gasteiger partial charge in [-0.05, 0) is 33.1 Å². The van der Waals surface area contributed by atoms with Gasteiger partial charge in [0.2, 0.25) is 5.91 Å². The predicted octanol–water partition coefficient (Wildman–Crippen LogP) is 1.05. The zero-order valence-electron chi connectivity index (χ0n) is 13.4. The summed E-state index contributed by atoms with van der Waals surface area (Å²) in [5.74, 6) is 1.41. The van der Waals surface area contributed by atoms with Gasteiger partial charge in [-0.15, -0.1) is 10.2 Å². The Kier molecular flexibility index (Phi) is 4.68. The molecule has 1 aliphatic carbocycles. The van der Waals surface area contributed by atoms with Crippen molar-refractivity contribution in [1.29, 1.82) is 0 Å². The predicted molar refractivity (Wildman–Crippen MR) is 88.2 cm³/mol. The number of carbonyl (C=O) groups excluding carboxylic acids is 1. The quantitative estimate of drug-likeness (QED) is 0.707. The molecule has 0 spiro atoms. The maximum atomic E-state index is 12.5. The van der Waals surface area contributed by atoms with Crippen LogP contribution in [0.4, 0.5) is 0 Å². The van der Waals surface area contributed by atoms with Crippen LogP contribution in [0.1, 0.15) is 38.1 Å². The monoisotopic (exact) mass is 358 g/mol. The van der Waals surface area contributed by atoms with Gasteiger partial charge in [0.1, 0.15) is 5.82 Å². The van der Waals surface area contributed by atoms with Gasteiger partial charge in [-0.3, -0.25) is 4.79 Å². The lowest BCUT2D eigenvalue weighted by atomic mass is 10.2. The Balaban J connectivity index is 1.62. The molecule has 9 heteroatoms. The van der Waals surface area contributed by atoms with Crippen LogP contribution in [0.5, 0.6) is 0 Å². The summed E-state index contributed by atoms with van der Waals surface area (Å²) in [6, 6.07) is 0.297. The van der Waals surface area contributed by atoms with Crippen LogP contribution in [-0.2, 0) is 14.6 Å². The van der Waals surface area contributed by atoms with E-state index in [0.29, 0.717) is 19.0 Å². The minimum atomic E-state index is -2.98. The molecule has 7 nitrogen and oxygen atoms in total. The van der Waals surface area contributed by atoms with E-state index in [4.69, 9.17) is 0 Å². The third kappa shape index (κ3) is 3.71. The Morgan fingerprint density at radius 1 is 1.35 bits per heavy atom. The van der Waals surface area contributed by atoms with Crippen molar-refractivity contribution >= 4 is 27.5 Å². The average molecular weight is 358 g/mol. The van der Waals surface area contributed by atoms with Crippen molar-refractivity contribution < 1.29 is 13.2 Å². The molecular formula is C14H22N4O3S2. The van der Waals surface area contributed by atoms with Crippen LogP contribution < -0.4 is 0 Å². The van der Waals surface area contributed by atoms with Gasteiger partial charge in [0, 0.05) is 18.6 Å². The van der Waals surface area contributed by atoms with E-state index in [1.807, 2.05) is 13.8 Å². The van der Waals surface area contributed by atoms with E-state index < -0.39 is 9.84 Å². The van der Waals surface area contributed by atoms with Gasteiger partial charge in [0.05, 0.1) is 17.3 Å². The minimum absolute atomic E-state index is 0.0254. The molecule has 1 aromatic heterocycles. The summed E-state index contributed by atoms with van der Waals surface area (Å²) in [6.07, 6.45) is 2.83. The normalized spacial score (nSPS) is 23.1. The van der Waals surface area contributed by atoms with E-state index in [2.05, 4.69) is 14.8 Å². The molecule has 1 saturated heterocycles. The number of carbonyl (C=O) groups is 1. The zero-order valence-corrected chi connectivity index (χ0v) is 15.1. The number of hydrogen-bond acceptors (Lipinski definition) is 6. The molecule has 1 saturated carbocycles. The second kappa shape index (κ2) is 6.43. The molecule has 1 atom stereocenters. The summed E-state index contributed by atoms with van der Waals surface area (Å²) in [5.41, 5.74) is 0. The summed E-state index contributed by atoms with van der Waals surface area (Å²) in [7, 11) is -2.98. The lowest BCUT2D eigenvalue weighted by Gasteiger charge is -2.26. The number of aromatic nitrogens is 3. The van der Waals surface area contributed by atoms with Crippen molar-refractivity contribution in [3.63, 3.8) is 0 Å². The largest absolute Gasteiger partial charge is 0.338 e. The summed E-state index contributed by atoms with van der Waals surface area (Å²) in [4.78, 5) is 14.2. The van der Waals surface area contributed by atoms with E-state index in [9.17, 15) is 13.2 Å². The highest BCUT2D eigenvalue weighted by Gasteiger charge is 2.34. The van der Waals surface area contributed by atoms with Crippen LogP contribution in [0, 0.1) is 6.92 Å². The Hall–Kier alpha value is -1.09. The van der Waals surface area contributed by atoms with E-state index in [0.717, 1.165) is 23.8 Å². The zero-order chi connectivity index (χ0) is 16.6. The molecule has 0 aromatic carbocycles. The second-order valence-corrected chi connectivity index (χ2v) is 9.33. The summed E-state index contributed by atoms with van der Waals surface area (Å²) < 4.78 is 25.4. The Morgan fingerprint density at radius 2 is 2.09 bits per heavy atom. The molecule has 0 N–H and O–H groups in total. The molecular weight excluding hydrogens is 336 g/mol. The number of amides is 1. The van der Waals surface area contributed by atoms with E-state index in [-0.39, 0.29) is 29.2 Å². The number of thioether (sulfide) groups is 1. The first-order valence-corrected chi connectivity index (χ1v) is 10.8. The molecule has 2 aliphatic rings. The third-order valence-corrected chi connectivity index (χ3v) is 7.06. The highest BCUT2D eigenvalue weighted by atomic mass is 32.2. The standard InChI is InChI=1S/C14H22N4O3S2/c1-3-17(12-6-7-23(20,21)9-12)13(19)8-22-14-16-15-10(2)18(14)11-4-5-11/h11-12H,3-9H2,1-2H3/t12-/m1/s1. The molecule has 1 aliphatic heterocycles. The molecule has 1 aromatic rings. The second-order valence-electron chi connectivity index (χ2n) is 6.16. The van der Waals surface area contributed by atoms with E-state index in [1.165, 1.54) is 11.8 Å². The van der Waals surface area contributed by atoms with Gasteiger partial charge in [0.15, 0.2) is 15.0 Å². The van der Waals surface area contributed by atoms with Crippen molar-refractivity contribution in [3.8, 4) is 0 Å². The SMILES string of the molecule is CCN(C(=O)CSc1nnc(C)n1C1CC1)[C@@H]1CCS(=O)(=O)C1. The number of nitrogens with zero attached hydrogens (tertiary/aromatic N) is 4. The van der Waals surface area contributed by atoms with Crippen LogP contribution in [0.2, 0.25) is 0 Å². The molecule has 1 amide bonds. The Bertz CT molecular complexity index is 697. The van der Waals surface area contributed by atoms with Crippen molar-refractivity contribution in [1.82, 2.24) is 19.7 Å². The first-order valence-electron chi connectivity index (χ1n) is 7.95. The molecule has 0 bridgehead atoms. The summed E-state index contributed by atoms with van der Waals surface area (Å²) in [6.45, 7) is 4.36. The van der Waals surface area contributed by atoms with Crippen molar-refractivity contribution in [2.75, 3.05) is 23.8 Å².